The summed E-state index contributed by atoms with van der Waals surface area (Å²) >= 11 is 0. The van der Waals surface area contributed by atoms with Crippen LogP contribution >= 0.6 is 0 Å². The van der Waals surface area contributed by atoms with Gasteiger partial charge < -0.3 is 20.4 Å². The lowest BCUT2D eigenvalue weighted by Crippen LogP contribution is -2.52. The van der Waals surface area contributed by atoms with Crippen molar-refractivity contribution in [3.63, 3.8) is 0 Å². The van der Waals surface area contributed by atoms with Crippen molar-refractivity contribution in [2.45, 2.75) is 33.2 Å². The minimum Gasteiger partial charge on any atom is -0.353 e. The molecule has 0 aromatic heterocycles. The first-order valence-corrected chi connectivity index (χ1v) is 10.1. The fourth-order valence-corrected chi connectivity index (χ4v) is 3.08. The van der Waals surface area contributed by atoms with Gasteiger partial charge in [-0.05, 0) is 38.0 Å². The van der Waals surface area contributed by atoms with E-state index in [-0.39, 0.29) is 23.9 Å². The largest absolute Gasteiger partial charge is 0.353 e. The summed E-state index contributed by atoms with van der Waals surface area (Å²) in [6.45, 7) is 8.69. The van der Waals surface area contributed by atoms with E-state index in [1.807, 2.05) is 26.8 Å². The molecule has 29 heavy (non-hydrogen) atoms. The van der Waals surface area contributed by atoms with Crippen LogP contribution in [0.25, 0.3) is 0 Å². The molecule has 1 aliphatic rings. The summed E-state index contributed by atoms with van der Waals surface area (Å²) in [5.74, 6) is -0.0833. The third-order valence-corrected chi connectivity index (χ3v) is 5.18. The number of carbonyl (C=O) groups is 3. The lowest BCUT2D eigenvalue weighted by atomic mass is 10.1. The summed E-state index contributed by atoms with van der Waals surface area (Å²) in [7, 11) is 3.40. The fraction of sp³-hybridized carbons (Fsp3) is 0.571. The van der Waals surface area contributed by atoms with Gasteiger partial charge in [0.15, 0.2) is 0 Å². The Hall–Kier alpha value is -2.61. The van der Waals surface area contributed by atoms with Crippen molar-refractivity contribution in [2.24, 2.45) is 0 Å². The van der Waals surface area contributed by atoms with Crippen LogP contribution in [-0.2, 0) is 4.79 Å². The number of benzene rings is 1. The Balaban J connectivity index is 1.89. The molecular formula is C21H33N5O3. The van der Waals surface area contributed by atoms with Gasteiger partial charge in [0.25, 0.3) is 5.91 Å². The van der Waals surface area contributed by atoms with Gasteiger partial charge in [0.05, 0.1) is 6.54 Å². The zero-order valence-electron chi connectivity index (χ0n) is 18.1. The van der Waals surface area contributed by atoms with Crippen LogP contribution in [0.15, 0.2) is 18.2 Å². The number of urea groups is 1. The Morgan fingerprint density at radius 1 is 1.14 bits per heavy atom. The maximum absolute atomic E-state index is 12.7. The number of nitrogens with zero attached hydrogens (tertiary/aromatic N) is 3. The van der Waals surface area contributed by atoms with Gasteiger partial charge in [0.2, 0.25) is 5.91 Å². The molecule has 1 aromatic rings. The second kappa shape index (κ2) is 10.2. The lowest BCUT2D eigenvalue weighted by molar-refractivity contribution is -0.123. The predicted octanol–water partition coefficient (Wildman–Crippen LogP) is 1.76. The number of aryl methyl sites for hydroxylation is 1. The van der Waals surface area contributed by atoms with Crippen LogP contribution in [0.4, 0.5) is 10.5 Å². The molecule has 8 nitrogen and oxygen atoms in total. The molecule has 1 atom stereocenters. The van der Waals surface area contributed by atoms with E-state index in [0.717, 1.165) is 12.0 Å². The fourth-order valence-electron chi connectivity index (χ4n) is 3.08. The number of nitrogens with one attached hydrogen (secondary N) is 2. The Kier molecular flexibility index (Phi) is 8.01. The van der Waals surface area contributed by atoms with E-state index in [1.165, 1.54) is 4.90 Å². The van der Waals surface area contributed by atoms with E-state index in [2.05, 4.69) is 15.5 Å². The van der Waals surface area contributed by atoms with E-state index < -0.39 is 0 Å². The van der Waals surface area contributed by atoms with E-state index in [0.29, 0.717) is 44.0 Å². The lowest BCUT2D eigenvalue weighted by Gasteiger charge is -2.34. The molecule has 0 saturated carbocycles. The van der Waals surface area contributed by atoms with Gasteiger partial charge in [-0.1, -0.05) is 13.0 Å². The van der Waals surface area contributed by atoms with Gasteiger partial charge >= 0.3 is 6.03 Å². The summed E-state index contributed by atoms with van der Waals surface area (Å²) < 4.78 is 0. The molecule has 0 bridgehead atoms. The van der Waals surface area contributed by atoms with Crippen molar-refractivity contribution in [1.29, 1.82) is 0 Å². The number of piperazine rings is 1. The molecule has 1 saturated heterocycles. The molecule has 0 aliphatic carbocycles. The second-order valence-corrected chi connectivity index (χ2v) is 7.80. The number of hydrogen-bond acceptors (Lipinski definition) is 4. The van der Waals surface area contributed by atoms with E-state index in [9.17, 15) is 14.4 Å². The minimum atomic E-state index is -0.189. The van der Waals surface area contributed by atoms with Gasteiger partial charge in [-0.25, -0.2) is 4.79 Å². The quantitative estimate of drug-likeness (QED) is 0.758. The van der Waals surface area contributed by atoms with Crippen molar-refractivity contribution in [3.8, 4) is 0 Å². The molecule has 0 unspecified atom stereocenters. The van der Waals surface area contributed by atoms with E-state index in [1.54, 1.807) is 31.1 Å². The highest BCUT2D eigenvalue weighted by molar-refractivity contribution is 5.97. The molecule has 8 heteroatoms. The molecule has 2 N–H and O–H groups in total. The zero-order valence-corrected chi connectivity index (χ0v) is 18.1. The molecule has 1 heterocycles. The maximum Gasteiger partial charge on any atom is 0.321 e. The van der Waals surface area contributed by atoms with Crippen LogP contribution in [0.3, 0.4) is 0 Å². The molecule has 160 valence electrons. The van der Waals surface area contributed by atoms with Crippen molar-refractivity contribution in [2.75, 3.05) is 52.1 Å². The molecule has 4 amide bonds. The Bertz CT molecular complexity index is 742. The highest BCUT2D eigenvalue weighted by Gasteiger charge is 2.23. The van der Waals surface area contributed by atoms with E-state index >= 15 is 0 Å². The highest BCUT2D eigenvalue weighted by Crippen LogP contribution is 2.19. The Morgan fingerprint density at radius 2 is 1.79 bits per heavy atom. The van der Waals surface area contributed by atoms with Gasteiger partial charge in [0.1, 0.15) is 0 Å². The SMILES string of the molecule is CC[C@@H](C)NC(=O)CN1CCN(C(=O)Nc2cc(C(=O)N(C)C)ccc2C)CC1. The average Bonchev–Trinajstić information content (AvgIpc) is 2.69. The Morgan fingerprint density at radius 3 is 2.38 bits per heavy atom. The smallest absolute Gasteiger partial charge is 0.321 e. The topological polar surface area (TPSA) is 85.0 Å². The molecule has 0 radical (unpaired) electrons. The number of carbonyl (C=O) groups excluding carboxylic acids is 3. The number of rotatable bonds is 6. The molecule has 1 aliphatic heterocycles. The first kappa shape index (κ1) is 22.7. The average molecular weight is 404 g/mol. The van der Waals surface area contributed by atoms with Gasteiger partial charge in [-0.3, -0.25) is 14.5 Å². The standard InChI is InChI=1S/C21H33N5O3/c1-6-16(3)22-19(27)14-25-9-11-26(12-10-25)21(29)23-18-13-17(8-7-15(18)2)20(28)24(4)5/h7-8,13,16H,6,9-12,14H2,1-5H3,(H,22,27)(H,23,29)/t16-/m1/s1. The summed E-state index contributed by atoms with van der Waals surface area (Å²) in [5, 5.41) is 5.89. The number of hydrogen-bond donors (Lipinski definition) is 2. The van der Waals surface area contributed by atoms with Gasteiger partial charge in [0, 0.05) is 57.6 Å². The van der Waals surface area contributed by atoms with E-state index in [4.69, 9.17) is 0 Å². The third kappa shape index (κ3) is 6.45. The summed E-state index contributed by atoms with van der Waals surface area (Å²) in [6.07, 6.45) is 0.903. The molecule has 1 aromatic carbocycles. The van der Waals surface area contributed by atoms with Crippen LogP contribution in [0, 0.1) is 6.92 Å². The van der Waals surface area contributed by atoms with Crippen molar-refractivity contribution >= 4 is 23.5 Å². The predicted molar refractivity (Wildman–Crippen MR) is 114 cm³/mol. The van der Waals surface area contributed by atoms with Crippen LogP contribution in [-0.4, -0.2) is 85.4 Å². The van der Waals surface area contributed by atoms with Gasteiger partial charge in [-0.15, -0.1) is 0 Å². The van der Waals surface area contributed by atoms with Gasteiger partial charge in [-0.2, -0.15) is 0 Å². The van der Waals surface area contributed by atoms with Crippen molar-refractivity contribution in [3.05, 3.63) is 29.3 Å². The first-order chi connectivity index (χ1) is 13.7. The first-order valence-electron chi connectivity index (χ1n) is 10.1. The maximum atomic E-state index is 12.7. The molecule has 2 rings (SSSR count). The number of anilines is 1. The van der Waals surface area contributed by atoms with Crippen LogP contribution in [0.5, 0.6) is 0 Å². The highest BCUT2D eigenvalue weighted by atomic mass is 16.2. The summed E-state index contributed by atoms with van der Waals surface area (Å²) in [4.78, 5) is 42.2. The van der Waals surface area contributed by atoms with Crippen LogP contribution in [0.2, 0.25) is 0 Å². The zero-order chi connectivity index (χ0) is 21.6. The molecule has 0 spiro atoms. The number of amides is 4. The third-order valence-electron chi connectivity index (χ3n) is 5.18. The summed E-state index contributed by atoms with van der Waals surface area (Å²) in [5.41, 5.74) is 2.07. The summed E-state index contributed by atoms with van der Waals surface area (Å²) in [6, 6.07) is 5.29. The molecular weight excluding hydrogens is 370 g/mol. The minimum absolute atomic E-state index is 0.0234. The van der Waals surface area contributed by atoms with Crippen LogP contribution < -0.4 is 10.6 Å². The van der Waals surface area contributed by atoms with Crippen LogP contribution in [0.1, 0.15) is 36.2 Å². The Labute approximate surface area is 173 Å². The monoisotopic (exact) mass is 403 g/mol. The molecule has 1 fully saturated rings. The van der Waals surface area contributed by atoms with Crippen molar-refractivity contribution < 1.29 is 14.4 Å². The second-order valence-electron chi connectivity index (χ2n) is 7.80. The van der Waals surface area contributed by atoms with Crippen molar-refractivity contribution in [1.82, 2.24) is 20.0 Å². The normalized spacial score (nSPS) is 15.6.